The minimum absolute atomic E-state index is 0.174. The number of Topliss-reactive ketones (excluding diaryl/α,β-unsaturated/α-hetero) is 1. The molecule has 5 nitrogen and oxygen atoms in total. The Balaban J connectivity index is 1.73. The lowest BCUT2D eigenvalue weighted by Gasteiger charge is -2.13. The molecule has 0 heterocycles. The molecule has 0 aromatic rings. The van der Waals surface area contributed by atoms with E-state index in [2.05, 4.69) is 4.74 Å². The van der Waals surface area contributed by atoms with Crippen molar-refractivity contribution in [2.24, 2.45) is 17.3 Å². The van der Waals surface area contributed by atoms with Crippen LogP contribution in [0.25, 0.3) is 0 Å². The molecule has 0 aromatic heterocycles. The molecule has 0 saturated heterocycles. The molecule has 0 amide bonds. The second-order valence-corrected chi connectivity index (χ2v) is 6.10. The lowest BCUT2D eigenvalue weighted by Crippen LogP contribution is -2.20. The fraction of sp³-hybridized carbons (Fsp3) is 0.812. The minimum Gasteiger partial charge on any atom is -0.469 e. The molecule has 3 atom stereocenters. The van der Waals surface area contributed by atoms with Gasteiger partial charge in [0, 0.05) is 18.3 Å². The SMILES string of the molecule is COC(=O)CCCCCC[C@@]12C(=O)CC[C@@H]1[C@@H]2C(=O)OC. The highest BCUT2D eigenvalue weighted by atomic mass is 16.5. The molecule has 0 aliphatic heterocycles. The maximum atomic E-state index is 12.1. The Labute approximate surface area is 125 Å². The van der Waals surface area contributed by atoms with E-state index < -0.39 is 5.41 Å². The molecule has 0 aromatic carbocycles. The predicted octanol–water partition coefficient (Wildman–Crippen LogP) is 2.27. The topological polar surface area (TPSA) is 69.7 Å². The summed E-state index contributed by atoms with van der Waals surface area (Å²) in [7, 11) is 2.79. The number of fused-ring (bicyclic) bond motifs is 1. The maximum absolute atomic E-state index is 12.1. The molecular weight excluding hydrogens is 272 g/mol. The van der Waals surface area contributed by atoms with Crippen molar-refractivity contribution >= 4 is 17.7 Å². The number of esters is 2. The Morgan fingerprint density at radius 1 is 1.14 bits per heavy atom. The predicted molar refractivity (Wildman–Crippen MR) is 75.4 cm³/mol. The van der Waals surface area contributed by atoms with Gasteiger partial charge in [0.25, 0.3) is 0 Å². The fourth-order valence-corrected chi connectivity index (χ4v) is 3.97. The third-order valence-corrected chi connectivity index (χ3v) is 5.12. The van der Waals surface area contributed by atoms with Crippen LogP contribution in [0.15, 0.2) is 0 Å². The molecule has 2 aliphatic carbocycles. The van der Waals surface area contributed by atoms with E-state index in [-0.39, 0.29) is 29.6 Å². The molecule has 0 N–H and O–H groups in total. The Bertz CT molecular complexity index is 430. The summed E-state index contributed by atoms with van der Waals surface area (Å²) < 4.78 is 9.42. The number of ketones is 1. The minimum atomic E-state index is -0.407. The first-order valence-corrected chi connectivity index (χ1v) is 7.76. The first kappa shape index (κ1) is 16.0. The van der Waals surface area contributed by atoms with E-state index in [0.29, 0.717) is 12.8 Å². The number of ether oxygens (including phenoxy) is 2. The molecular formula is C16H24O5. The van der Waals surface area contributed by atoms with E-state index >= 15 is 0 Å². The van der Waals surface area contributed by atoms with Crippen LogP contribution < -0.4 is 0 Å². The van der Waals surface area contributed by atoms with Gasteiger partial charge in [-0.25, -0.2) is 0 Å². The molecule has 2 fully saturated rings. The zero-order valence-electron chi connectivity index (χ0n) is 12.9. The van der Waals surface area contributed by atoms with Crippen molar-refractivity contribution in [1.82, 2.24) is 0 Å². The molecule has 0 unspecified atom stereocenters. The van der Waals surface area contributed by atoms with Crippen molar-refractivity contribution in [2.75, 3.05) is 14.2 Å². The van der Waals surface area contributed by atoms with Crippen molar-refractivity contribution in [3.63, 3.8) is 0 Å². The number of carbonyl (C=O) groups excluding carboxylic acids is 3. The Hall–Kier alpha value is -1.39. The van der Waals surface area contributed by atoms with E-state index in [0.717, 1.165) is 38.5 Å². The second kappa shape index (κ2) is 6.58. The fourth-order valence-electron chi connectivity index (χ4n) is 3.97. The summed E-state index contributed by atoms with van der Waals surface area (Å²) in [5.74, 6) is -0.130. The molecule has 21 heavy (non-hydrogen) atoms. The van der Waals surface area contributed by atoms with Crippen molar-refractivity contribution in [3.05, 3.63) is 0 Å². The third kappa shape index (κ3) is 2.97. The summed E-state index contributed by atoms with van der Waals surface area (Å²) in [6.07, 6.45) is 6.36. The first-order valence-electron chi connectivity index (χ1n) is 7.76. The van der Waals surface area contributed by atoms with Crippen molar-refractivity contribution in [2.45, 2.75) is 51.4 Å². The van der Waals surface area contributed by atoms with E-state index in [1.807, 2.05) is 0 Å². The largest absolute Gasteiger partial charge is 0.469 e. The van der Waals surface area contributed by atoms with Crippen molar-refractivity contribution in [3.8, 4) is 0 Å². The summed E-state index contributed by atoms with van der Waals surface area (Å²) in [6, 6.07) is 0. The number of hydrogen-bond acceptors (Lipinski definition) is 5. The molecule has 2 rings (SSSR count). The molecule has 5 heteroatoms. The zero-order valence-corrected chi connectivity index (χ0v) is 12.9. The molecule has 0 spiro atoms. The Morgan fingerprint density at radius 3 is 2.52 bits per heavy atom. The van der Waals surface area contributed by atoms with E-state index in [1.165, 1.54) is 14.2 Å². The quantitative estimate of drug-likeness (QED) is 0.507. The van der Waals surface area contributed by atoms with Crippen LogP contribution in [0.3, 0.4) is 0 Å². The normalized spacial score (nSPS) is 29.9. The van der Waals surface area contributed by atoms with Crippen molar-refractivity contribution < 1.29 is 23.9 Å². The standard InChI is InChI=1S/C16H24O5/c1-20-13(18)7-5-3-4-6-10-16-11(8-9-12(16)17)14(16)15(19)21-2/h11,14H,3-10H2,1-2H3/t11-,14-,16+/m1/s1. The van der Waals surface area contributed by atoms with Crippen LogP contribution in [-0.4, -0.2) is 31.9 Å². The lowest BCUT2D eigenvalue weighted by molar-refractivity contribution is -0.145. The average molecular weight is 296 g/mol. The van der Waals surface area contributed by atoms with Crippen LogP contribution in [0.2, 0.25) is 0 Å². The summed E-state index contributed by atoms with van der Waals surface area (Å²) >= 11 is 0. The highest BCUT2D eigenvalue weighted by Gasteiger charge is 2.74. The van der Waals surface area contributed by atoms with Crippen LogP contribution in [-0.2, 0) is 23.9 Å². The van der Waals surface area contributed by atoms with Gasteiger partial charge in [0.15, 0.2) is 0 Å². The van der Waals surface area contributed by atoms with Crippen LogP contribution in [0.4, 0.5) is 0 Å². The van der Waals surface area contributed by atoms with Gasteiger partial charge in [0.2, 0.25) is 0 Å². The third-order valence-electron chi connectivity index (χ3n) is 5.12. The highest BCUT2D eigenvalue weighted by Crippen LogP contribution is 2.69. The van der Waals surface area contributed by atoms with Gasteiger partial charge >= 0.3 is 11.9 Å². The summed E-state index contributed by atoms with van der Waals surface area (Å²) in [4.78, 5) is 34.9. The average Bonchev–Trinajstić information content (AvgIpc) is 3.04. The molecule has 118 valence electrons. The smallest absolute Gasteiger partial charge is 0.310 e. The van der Waals surface area contributed by atoms with Gasteiger partial charge in [-0.05, 0) is 25.2 Å². The van der Waals surface area contributed by atoms with Gasteiger partial charge < -0.3 is 9.47 Å². The van der Waals surface area contributed by atoms with E-state index in [4.69, 9.17) is 4.74 Å². The molecule has 2 saturated carbocycles. The van der Waals surface area contributed by atoms with Gasteiger partial charge in [-0.1, -0.05) is 19.3 Å². The lowest BCUT2D eigenvalue weighted by atomic mass is 9.91. The van der Waals surface area contributed by atoms with Gasteiger partial charge in [0.05, 0.1) is 20.1 Å². The van der Waals surface area contributed by atoms with Gasteiger partial charge in [-0.2, -0.15) is 0 Å². The van der Waals surface area contributed by atoms with Gasteiger partial charge in [-0.3, -0.25) is 14.4 Å². The number of rotatable bonds is 8. The van der Waals surface area contributed by atoms with Crippen molar-refractivity contribution in [1.29, 1.82) is 0 Å². The van der Waals surface area contributed by atoms with Gasteiger partial charge in [-0.15, -0.1) is 0 Å². The van der Waals surface area contributed by atoms with Crippen LogP contribution in [0, 0.1) is 17.3 Å². The molecule has 2 aliphatic rings. The summed E-state index contributed by atoms with van der Waals surface area (Å²) in [6.45, 7) is 0. The number of hydrogen-bond donors (Lipinski definition) is 0. The summed E-state index contributed by atoms with van der Waals surface area (Å²) in [5.41, 5.74) is -0.407. The number of methoxy groups -OCH3 is 2. The molecule has 0 radical (unpaired) electrons. The van der Waals surface area contributed by atoms with E-state index in [9.17, 15) is 14.4 Å². The van der Waals surface area contributed by atoms with Crippen LogP contribution in [0.1, 0.15) is 51.4 Å². The summed E-state index contributed by atoms with van der Waals surface area (Å²) in [5, 5.41) is 0. The van der Waals surface area contributed by atoms with Crippen LogP contribution >= 0.6 is 0 Å². The molecule has 0 bridgehead atoms. The maximum Gasteiger partial charge on any atom is 0.310 e. The highest BCUT2D eigenvalue weighted by molar-refractivity contribution is 5.98. The van der Waals surface area contributed by atoms with Crippen LogP contribution in [0.5, 0.6) is 0 Å². The number of unbranched alkanes of at least 4 members (excludes halogenated alkanes) is 3. The zero-order chi connectivity index (χ0) is 15.5. The van der Waals surface area contributed by atoms with Gasteiger partial charge in [0.1, 0.15) is 5.78 Å². The monoisotopic (exact) mass is 296 g/mol. The second-order valence-electron chi connectivity index (χ2n) is 6.10. The first-order chi connectivity index (χ1) is 10.1. The number of carbonyl (C=O) groups is 3. The Kier molecular flexibility index (Phi) is 5.01. The Morgan fingerprint density at radius 2 is 1.86 bits per heavy atom. The van der Waals surface area contributed by atoms with E-state index in [1.54, 1.807) is 0 Å².